The number of benzene rings is 1. The van der Waals surface area contributed by atoms with Crippen LogP contribution in [0.3, 0.4) is 0 Å². The zero-order valence-corrected chi connectivity index (χ0v) is 16.6. The van der Waals surface area contributed by atoms with Crippen LogP contribution in [-0.2, 0) is 11.3 Å². The van der Waals surface area contributed by atoms with Crippen LogP contribution in [-0.4, -0.2) is 32.7 Å². The molecule has 2 aliphatic rings. The predicted molar refractivity (Wildman–Crippen MR) is 105 cm³/mol. The van der Waals surface area contributed by atoms with Crippen molar-refractivity contribution < 1.29 is 14.3 Å². The van der Waals surface area contributed by atoms with Crippen LogP contribution in [0.4, 0.5) is 0 Å². The van der Waals surface area contributed by atoms with E-state index < -0.39 is 0 Å². The Morgan fingerprint density at radius 1 is 1.35 bits per heavy atom. The third-order valence-electron chi connectivity index (χ3n) is 5.63. The fourth-order valence-corrected chi connectivity index (χ4v) is 4.20. The van der Waals surface area contributed by atoms with Crippen LogP contribution in [0.1, 0.15) is 44.6 Å². The normalized spacial score (nSPS) is 24.3. The van der Waals surface area contributed by atoms with E-state index in [0.29, 0.717) is 19.1 Å². The Morgan fingerprint density at radius 3 is 2.96 bits per heavy atom. The van der Waals surface area contributed by atoms with E-state index in [4.69, 9.17) is 9.47 Å². The summed E-state index contributed by atoms with van der Waals surface area (Å²) in [6, 6.07) is 5.87. The molecule has 1 aliphatic carbocycles. The molecular formula is C20H31ClN2O3. The van der Waals surface area contributed by atoms with Crippen molar-refractivity contribution in [1.82, 2.24) is 10.6 Å². The Morgan fingerprint density at radius 2 is 2.19 bits per heavy atom. The lowest BCUT2D eigenvalue weighted by Gasteiger charge is -2.37. The molecule has 1 aromatic rings. The zero-order valence-electron chi connectivity index (χ0n) is 15.8. The molecular weight excluding hydrogens is 352 g/mol. The summed E-state index contributed by atoms with van der Waals surface area (Å²) in [5.74, 6) is 2.16. The van der Waals surface area contributed by atoms with Crippen LogP contribution < -0.4 is 20.1 Å². The van der Waals surface area contributed by atoms with E-state index in [1.165, 1.54) is 6.42 Å². The van der Waals surface area contributed by atoms with E-state index in [-0.39, 0.29) is 23.7 Å². The maximum Gasteiger partial charge on any atom is 0.228 e. The molecule has 1 saturated heterocycles. The Balaban J connectivity index is 0.00000243. The highest BCUT2D eigenvalue weighted by Crippen LogP contribution is 2.44. The minimum absolute atomic E-state index is 0. The van der Waals surface area contributed by atoms with Gasteiger partial charge in [-0.15, -0.1) is 12.4 Å². The van der Waals surface area contributed by atoms with Crippen molar-refractivity contribution in [2.24, 2.45) is 11.3 Å². The van der Waals surface area contributed by atoms with E-state index >= 15 is 0 Å². The van der Waals surface area contributed by atoms with Gasteiger partial charge in [-0.1, -0.05) is 25.8 Å². The molecule has 1 saturated carbocycles. The van der Waals surface area contributed by atoms with E-state index in [2.05, 4.69) is 17.6 Å². The molecule has 1 heterocycles. The lowest BCUT2D eigenvalue weighted by molar-refractivity contribution is -0.134. The molecule has 0 bridgehead atoms. The molecule has 2 atom stereocenters. The SMILES string of the molecule is CCCOc1ccc(CNC(=O)[C@@]23CCCC[C@H]2CNC3)cc1OC.Cl. The molecule has 146 valence electrons. The number of amides is 1. The van der Waals surface area contributed by atoms with Crippen LogP contribution in [0.25, 0.3) is 0 Å². The first-order chi connectivity index (χ1) is 12.2. The van der Waals surface area contributed by atoms with Gasteiger partial charge in [0.05, 0.1) is 19.1 Å². The van der Waals surface area contributed by atoms with E-state index in [1.54, 1.807) is 7.11 Å². The number of methoxy groups -OCH3 is 1. The quantitative estimate of drug-likeness (QED) is 0.759. The highest BCUT2D eigenvalue weighted by Gasteiger charge is 2.49. The van der Waals surface area contributed by atoms with E-state index in [9.17, 15) is 4.79 Å². The molecule has 5 nitrogen and oxygen atoms in total. The maximum absolute atomic E-state index is 12.9. The van der Waals surface area contributed by atoms with Gasteiger partial charge in [0.25, 0.3) is 0 Å². The van der Waals surface area contributed by atoms with Gasteiger partial charge >= 0.3 is 0 Å². The van der Waals surface area contributed by atoms with Crippen LogP contribution in [0.15, 0.2) is 18.2 Å². The summed E-state index contributed by atoms with van der Waals surface area (Å²) in [5.41, 5.74) is 0.829. The van der Waals surface area contributed by atoms with Gasteiger partial charge < -0.3 is 20.1 Å². The van der Waals surface area contributed by atoms with Crippen molar-refractivity contribution in [2.75, 3.05) is 26.8 Å². The standard InChI is InChI=1S/C20H30N2O3.ClH/c1-3-10-25-17-8-7-15(11-18(17)24-2)12-22-19(23)20-9-5-4-6-16(20)13-21-14-20;/h7-8,11,16,21H,3-6,9-10,12-14H2,1-2H3,(H,22,23);1H/t16-,20+;/m0./s1. The van der Waals surface area contributed by atoms with Crippen LogP contribution in [0.2, 0.25) is 0 Å². The van der Waals surface area contributed by atoms with Gasteiger partial charge in [0.2, 0.25) is 5.91 Å². The molecule has 2 fully saturated rings. The van der Waals surface area contributed by atoms with Gasteiger partial charge in [-0.05, 0) is 49.4 Å². The van der Waals surface area contributed by atoms with Gasteiger partial charge in [0.1, 0.15) is 0 Å². The number of fused-ring (bicyclic) bond motifs is 1. The smallest absolute Gasteiger partial charge is 0.228 e. The average molecular weight is 383 g/mol. The van der Waals surface area contributed by atoms with Crippen molar-refractivity contribution in [3.8, 4) is 11.5 Å². The Labute approximate surface area is 162 Å². The van der Waals surface area contributed by atoms with Crippen LogP contribution >= 0.6 is 12.4 Å². The molecule has 2 N–H and O–H groups in total. The molecule has 0 radical (unpaired) electrons. The summed E-state index contributed by atoms with van der Waals surface area (Å²) in [5, 5.41) is 6.60. The number of nitrogens with one attached hydrogen (secondary N) is 2. The lowest BCUT2D eigenvalue weighted by atomic mass is 9.67. The first-order valence-corrected chi connectivity index (χ1v) is 9.48. The Kier molecular flexibility index (Phi) is 7.59. The lowest BCUT2D eigenvalue weighted by Crippen LogP contribution is -2.47. The monoisotopic (exact) mass is 382 g/mol. The maximum atomic E-state index is 12.9. The number of hydrogen-bond donors (Lipinski definition) is 2. The third-order valence-corrected chi connectivity index (χ3v) is 5.63. The molecule has 26 heavy (non-hydrogen) atoms. The summed E-state index contributed by atoms with van der Waals surface area (Å²) in [7, 11) is 1.65. The first kappa shape index (κ1) is 20.8. The second-order valence-electron chi connectivity index (χ2n) is 7.25. The summed E-state index contributed by atoms with van der Waals surface area (Å²) in [4.78, 5) is 12.9. The highest BCUT2D eigenvalue weighted by molar-refractivity contribution is 5.85. The molecule has 6 heteroatoms. The van der Waals surface area contributed by atoms with Crippen LogP contribution in [0, 0.1) is 11.3 Å². The molecule has 0 aromatic heterocycles. The van der Waals surface area contributed by atoms with Gasteiger partial charge in [-0.25, -0.2) is 0 Å². The fourth-order valence-electron chi connectivity index (χ4n) is 4.20. The number of rotatable bonds is 7. The highest BCUT2D eigenvalue weighted by atomic mass is 35.5. The summed E-state index contributed by atoms with van der Waals surface area (Å²) in [6.07, 6.45) is 5.53. The minimum atomic E-state index is -0.202. The van der Waals surface area contributed by atoms with Crippen LogP contribution in [0.5, 0.6) is 11.5 Å². The van der Waals surface area contributed by atoms with Gasteiger partial charge in [-0.3, -0.25) is 4.79 Å². The molecule has 1 amide bonds. The van der Waals surface area contributed by atoms with Crippen molar-refractivity contribution in [3.05, 3.63) is 23.8 Å². The first-order valence-electron chi connectivity index (χ1n) is 9.48. The largest absolute Gasteiger partial charge is 0.493 e. The topological polar surface area (TPSA) is 59.6 Å². The average Bonchev–Trinajstić information content (AvgIpc) is 3.10. The van der Waals surface area contributed by atoms with E-state index in [1.807, 2.05) is 18.2 Å². The molecule has 1 aliphatic heterocycles. The Bertz CT molecular complexity index is 611. The summed E-state index contributed by atoms with van der Waals surface area (Å²) < 4.78 is 11.1. The number of halogens is 1. The van der Waals surface area contributed by atoms with Crippen molar-refractivity contribution in [1.29, 1.82) is 0 Å². The third kappa shape index (κ3) is 4.26. The zero-order chi connectivity index (χ0) is 17.7. The van der Waals surface area contributed by atoms with Crippen molar-refractivity contribution in [3.63, 3.8) is 0 Å². The molecule has 0 spiro atoms. The minimum Gasteiger partial charge on any atom is -0.493 e. The second-order valence-corrected chi connectivity index (χ2v) is 7.25. The predicted octanol–water partition coefficient (Wildman–Crippen LogP) is 3.30. The summed E-state index contributed by atoms with van der Waals surface area (Å²) in [6.45, 7) is 5.06. The van der Waals surface area contributed by atoms with Gasteiger partial charge in [-0.2, -0.15) is 0 Å². The van der Waals surface area contributed by atoms with Crippen molar-refractivity contribution >= 4 is 18.3 Å². The summed E-state index contributed by atoms with van der Waals surface area (Å²) >= 11 is 0. The second kappa shape index (κ2) is 9.47. The Hall–Kier alpha value is -1.46. The molecule has 3 rings (SSSR count). The fraction of sp³-hybridized carbons (Fsp3) is 0.650. The molecule has 0 unspecified atom stereocenters. The number of carbonyl (C=O) groups excluding carboxylic acids is 1. The van der Waals surface area contributed by atoms with Gasteiger partial charge in [0.15, 0.2) is 11.5 Å². The number of carbonyl (C=O) groups is 1. The molecule has 1 aromatic carbocycles. The number of ether oxygens (including phenoxy) is 2. The van der Waals surface area contributed by atoms with Gasteiger partial charge in [0, 0.05) is 13.1 Å². The number of hydrogen-bond acceptors (Lipinski definition) is 4. The van der Waals surface area contributed by atoms with Crippen molar-refractivity contribution in [2.45, 2.75) is 45.6 Å². The van der Waals surface area contributed by atoms with E-state index in [0.717, 1.165) is 55.8 Å².